The second-order valence-electron chi connectivity index (χ2n) is 5.28. The Kier molecular flexibility index (Phi) is 6.20. The van der Waals surface area contributed by atoms with Crippen LogP contribution >= 0.6 is 11.3 Å². The number of carbonyl (C=O) groups is 2. The molecule has 2 heterocycles. The SMILES string of the molecule is CCCCNC(=O)CN1CCN(C(=O)c2ccsc2)CC1. The Hall–Kier alpha value is -1.40. The topological polar surface area (TPSA) is 52.7 Å². The minimum Gasteiger partial charge on any atom is -0.355 e. The summed E-state index contributed by atoms with van der Waals surface area (Å²) in [6, 6.07) is 1.86. The van der Waals surface area contributed by atoms with Gasteiger partial charge in [0.15, 0.2) is 0 Å². The summed E-state index contributed by atoms with van der Waals surface area (Å²) in [5.41, 5.74) is 0.769. The van der Waals surface area contributed by atoms with E-state index in [1.165, 1.54) is 11.3 Å². The van der Waals surface area contributed by atoms with Crippen molar-refractivity contribution in [1.82, 2.24) is 15.1 Å². The van der Waals surface area contributed by atoms with Gasteiger partial charge in [-0.1, -0.05) is 13.3 Å². The maximum absolute atomic E-state index is 12.2. The Morgan fingerprint density at radius 1 is 1.29 bits per heavy atom. The summed E-state index contributed by atoms with van der Waals surface area (Å²) in [5.74, 6) is 0.185. The first kappa shape index (κ1) is 16.0. The maximum atomic E-state index is 12.2. The molecule has 0 unspecified atom stereocenters. The van der Waals surface area contributed by atoms with E-state index in [0.29, 0.717) is 19.6 Å². The van der Waals surface area contributed by atoms with Crippen LogP contribution in [0.5, 0.6) is 0 Å². The summed E-state index contributed by atoms with van der Waals surface area (Å²) in [6.07, 6.45) is 2.11. The van der Waals surface area contributed by atoms with E-state index in [2.05, 4.69) is 17.1 Å². The van der Waals surface area contributed by atoms with Gasteiger partial charge >= 0.3 is 0 Å². The normalized spacial score (nSPS) is 16.0. The Balaban J connectivity index is 1.71. The molecule has 1 saturated heterocycles. The molecular weight excluding hydrogens is 286 g/mol. The Morgan fingerprint density at radius 3 is 2.67 bits per heavy atom. The zero-order chi connectivity index (χ0) is 15.1. The molecule has 0 atom stereocenters. The largest absolute Gasteiger partial charge is 0.355 e. The van der Waals surface area contributed by atoms with Crippen molar-refractivity contribution in [3.63, 3.8) is 0 Å². The smallest absolute Gasteiger partial charge is 0.254 e. The average molecular weight is 309 g/mol. The molecule has 116 valence electrons. The molecule has 0 aromatic carbocycles. The molecule has 0 aliphatic carbocycles. The predicted molar refractivity (Wildman–Crippen MR) is 84.6 cm³/mol. The Morgan fingerprint density at radius 2 is 2.05 bits per heavy atom. The Bertz CT molecular complexity index is 453. The van der Waals surface area contributed by atoms with Crippen molar-refractivity contribution >= 4 is 23.2 Å². The van der Waals surface area contributed by atoms with Gasteiger partial charge in [0, 0.05) is 38.1 Å². The van der Waals surface area contributed by atoms with Gasteiger partial charge in [0.1, 0.15) is 0 Å². The fourth-order valence-electron chi connectivity index (χ4n) is 2.34. The third kappa shape index (κ3) is 4.82. The number of rotatable bonds is 6. The maximum Gasteiger partial charge on any atom is 0.254 e. The van der Waals surface area contributed by atoms with Gasteiger partial charge in [0.25, 0.3) is 5.91 Å². The van der Waals surface area contributed by atoms with Crippen LogP contribution in [0.15, 0.2) is 16.8 Å². The van der Waals surface area contributed by atoms with Gasteiger partial charge in [-0.2, -0.15) is 11.3 Å². The molecule has 1 aliphatic heterocycles. The van der Waals surface area contributed by atoms with Crippen LogP contribution in [0.4, 0.5) is 0 Å². The molecule has 6 heteroatoms. The molecule has 5 nitrogen and oxygen atoms in total. The van der Waals surface area contributed by atoms with Gasteiger partial charge in [-0.3, -0.25) is 14.5 Å². The highest BCUT2D eigenvalue weighted by molar-refractivity contribution is 7.08. The van der Waals surface area contributed by atoms with Crippen molar-refractivity contribution in [1.29, 1.82) is 0 Å². The number of hydrogen-bond acceptors (Lipinski definition) is 4. The number of nitrogens with one attached hydrogen (secondary N) is 1. The van der Waals surface area contributed by atoms with Gasteiger partial charge in [-0.15, -0.1) is 0 Å². The van der Waals surface area contributed by atoms with Gasteiger partial charge in [-0.25, -0.2) is 0 Å². The van der Waals surface area contributed by atoms with E-state index in [-0.39, 0.29) is 11.8 Å². The summed E-state index contributed by atoms with van der Waals surface area (Å²) >= 11 is 1.54. The quantitative estimate of drug-likeness (QED) is 0.809. The standard InChI is InChI=1S/C15H23N3O2S/c1-2-3-5-16-14(19)11-17-6-8-18(9-7-17)15(20)13-4-10-21-12-13/h4,10,12H,2-3,5-9,11H2,1H3,(H,16,19). The van der Waals surface area contributed by atoms with E-state index in [4.69, 9.17) is 0 Å². The first-order valence-corrected chi connectivity index (χ1v) is 8.45. The third-order valence-electron chi connectivity index (χ3n) is 3.65. The molecule has 2 rings (SSSR count). The first-order valence-electron chi connectivity index (χ1n) is 7.51. The lowest BCUT2D eigenvalue weighted by molar-refractivity contribution is -0.122. The van der Waals surface area contributed by atoms with Crippen LogP contribution in [0.25, 0.3) is 0 Å². The van der Waals surface area contributed by atoms with Crippen molar-refractivity contribution < 1.29 is 9.59 Å². The summed E-state index contributed by atoms with van der Waals surface area (Å²) in [7, 11) is 0. The van der Waals surface area contributed by atoms with Crippen LogP contribution < -0.4 is 5.32 Å². The third-order valence-corrected chi connectivity index (χ3v) is 4.33. The highest BCUT2D eigenvalue weighted by atomic mass is 32.1. The summed E-state index contributed by atoms with van der Waals surface area (Å²) in [6.45, 7) is 6.20. The van der Waals surface area contributed by atoms with Crippen molar-refractivity contribution in [2.75, 3.05) is 39.3 Å². The lowest BCUT2D eigenvalue weighted by Gasteiger charge is -2.34. The lowest BCUT2D eigenvalue weighted by atomic mass is 10.2. The first-order chi connectivity index (χ1) is 10.2. The van der Waals surface area contributed by atoms with Crippen LogP contribution in [0.1, 0.15) is 30.1 Å². The number of piperazine rings is 1. The number of nitrogens with zero attached hydrogens (tertiary/aromatic N) is 2. The second kappa shape index (κ2) is 8.14. The van der Waals surface area contributed by atoms with Crippen LogP contribution in [0.3, 0.4) is 0 Å². The Labute approximate surface area is 129 Å². The molecule has 0 radical (unpaired) electrons. The zero-order valence-corrected chi connectivity index (χ0v) is 13.3. The van der Waals surface area contributed by atoms with Crippen LogP contribution in [0, 0.1) is 0 Å². The van der Waals surface area contributed by atoms with Crippen LogP contribution in [-0.2, 0) is 4.79 Å². The molecule has 21 heavy (non-hydrogen) atoms. The molecular formula is C15H23N3O2S. The van der Waals surface area contributed by atoms with Gasteiger partial charge in [0.05, 0.1) is 12.1 Å². The summed E-state index contributed by atoms with van der Waals surface area (Å²) < 4.78 is 0. The molecule has 1 N–H and O–H groups in total. The number of hydrogen-bond donors (Lipinski definition) is 1. The van der Waals surface area contributed by atoms with Gasteiger partial charge < -0.3 is 10.2 Å². The van der Waals surface area contributed by atoms with Crippen molar-refractivity contribution in [3.05, 3.63) is 22.4 Å². The zero-order valence-electron chi connectivity index (χ0n) is 12.5. The highest BCUT2D eigenvalue weighted by Gasteiger charge is 2.23. The van der Waals surface area contributed by atoms with E-state index < -0.39 is 0 Å². The average Bonchev–Trinajstić information content (AvgIpc) is 3.02. The lowest BCUT2D eigenvalue weighted by Crippen LogP contribution is -2.51. The minimum absolute atomic E-state index is 0.0843. The van der Waals surface area contributed by atoms with Crippen LogP contribution in [-0.4, -0.2) is 60.9 Å². The van der Waals surface area contributed by atoms with Crippen molar-refractivity contribution in [2.24, 2.45) is 0 Å². The van der Waals surface area contributed by atoms with E-state index in [9.17, 15) is 9.59 Å². The van der Waals surface area contributed by atoms with Crippen molar-refractivity contribution in [3.8, 4) is 0 Å². The second-order valence-corrected chi connectivity index (χ2v) is 6.06. The van der Waals surface area contributed by atoms with E-state index in [0.717, 1.165) is 38.0 Å². The molecule has 0 bridgehead atoms. The predicted octanol–water partition coefficient (Wildman–Crippen LogP) is 1.42. The molecule has 1 aromatic heterocycles. The summed E-state index contributed by atoms with van der Waals surface area (Å²) in [4.78, 5) is 27.9. The highest BCUT2D eigenvalue weighted by Crippen LogP contribution is 2.11. The molecule has 0 saturated carbocycles. The van der Waals surface area contributed by atoms with E-state index >= 15 is 0 Å². The number of unbranched alkanes of at least 4 members (excludes halogenated alkanes) is 1. The number of carbonyl (C=O) groups excluding carboxylic acids is 2. The molecule has 2 amide bonds. The van der Waals surface area contributed by atoms with Gasteiger partial charge in [0.2, 0.25) is 5.91 Å². The van der Waals surface area contributed by atoms with E-state index in [1.807, 2.05) is 21.7 Å². The fraction of sp³-hybridized carbons (Fsp3) is 0.600. The number of amides is 2. The molecule has 0 spiro atoms. The molecule has 1 fully saturated rings. The molecule has 1 aliphatic rings. The van der Waals surface area contributed by atoms with Crippen LogP contribution in [0.2, 0.25) is 0 Å². The fourth-order valence-corrected chi connectivity index (χ4v) is 2.97. The number of thiophene rings is 1. The summed E-state index contributed by atoms with van der Waals surface area (Å²) in [5, 5.41) is 6.73. The van der Waals surface area contributed by atoms with Gasteiger partial charge in [-0.05, 0) is 17.9 Å². The van der Waals surface area contributed by atoms with Crippen molar-refractivity contribution in [2.45, 2.75) is 19.8 Å². The molecule has 1 aromatic rings. The van der Waals surface area contributed by atoms with E-state index in [1.54, 1.807) is 0 Å². The minimum atomic E-state index is 0.0843. The monoisotopic (exact) mass is 309 g/mol.